The van der Waals surface area contributed by atoms with Gasteiger partial charge in [-0.1, -0.05) is 154 Å². The molecule has 6 rings (SSSR count). The molecule has 3 atom stereocenters. The van der Waals surface area contributed by atoms with E-state index >= 15 is 0 Å². The lowest BCUT2D eigenvalue weighted by Crippen LogP contribution is -2.43. The van der Waals surface area contributed by atoms with Crippen LogP contribution in [0.15, 0.2) is 146 Å². The summed E-state index contributed by atoms with van der Waals surface area (Å²) < 4.78 is 13.3. The van der Waals surface area contributed by atoms with Gasteiger partial charge in [0.1, 0.15) is 5.75 Å². The third-order valence-corrected chi connectivity index (χ3v) is 14.0. The maximum atomic E-state index is 6.82. The molecular weight excluding hydrogens is 567 g/mol. The Morgan fingerprint density at radius 2 is 1.11 bits per heavy atom. The quantitative estimate of drug-likeness (QED) is 0.0843. The smallest absolute Gasteiger partial charge is 0.250 e. The van der Waals surface area contributed by atoms with Crippen LogP contribution in [0.1, 0.15) is 54.6 Å². The molecule has 0 aromatic heterocycles. The van der Waals surface area contributed by atoms with Crippen LogP contribution in [0.5, 0.6) is 5.75 Å². The van der Waals surface area contributed by atoms with Gasteiger partial charge in [0.05, 0.1) is 30.8 Å². The van der Waals surface area contributed by atoms with Crippen LogP contribution in [-0.2, 0) is 16.9 Å². The molecule has 0 radical (unpaired) electrons. The fourth-order valence-electron chi connectivity index (χ4n) is 6.36. The van der Waals surface area contributed by atoms with Crippen molar-refractivity contribution < 1.29 is 9.16 Å². The second-order valence-electron chi connectivity index (χ2n) is 13.7. The van der Waals surface area contributed by atoms with Gasteiger partial charge in [-0.05, 0) is 58.1 Å². The highest BCUT2D eigenvalue weighted by Crippen LogP contribution is 2.58. The van der Waals surface area contributed by atoms with Crippen molar-refractivity contribution in [3.63, 3.8) is 0 Å². The van der Waals surface area contributed by atoms with Crippen LogP contribution in [-0.4, -0.2) is 25.9 Å². The van der Waals surface area contributed by atoms with Crippen LogP contribution in [0.25, 0.3) is 0 Å². The maximum Gasteiger partial charge on any atom is 0.250 e. The highest BCUT2D eigenvalue weighted by molar-refractivity contribution is 6.74. The summed E-state index contributed by atoms with van der Waals surface area (Å²) in [6, 6.07) is 52.4. The van der Waals surface area contributed by atoms with Gasteiger partial charge in [0, 0.05) is 0 Å². The van der Waals surface area contributed by atoms with Crippen LogP contribution < -0.4 is 4.43 Å². The summed E-state index contributed by atoms with van der Waals surface area (Å²) in [4.78, 5) is 2.67. The maximum absolute atomic E-state index is 6.82. The third-order valence-electron chi connectivity index (χ3n) is 9.67. The van der Waals surface area contributed by atoms with Crippen LogP contribution in [0.2, 0.25) is 18.1 Å². The molecule has 1 unspecified atom stereocenters. The Hall–Kier alpha value is -3.96. The van der Waals surface area contributed by atoms with Crippen molar-refractivity contribution in [2.24, 2.45) is 0 Å². The molecule has 0 bridgehead atoms. The zero-order chi connectivity index (χ0) is 31.5. The van der Waals surface area contributed by atoms with Crippen molar-refractivity contribution >= 4 is 8.32 Å². The predicted octanol–water partition coefficient (Wildman–Crippen LogP) is 10.0. The summed E-state index contributed by atoms with van der Waals surface area (Å²) in [5.74, 6) is 0.958. The van der Waals surface area contributed by atoms with Crippen molar-refractivity contribution in [1.29, 1.82) is 0 Å². The fourth-order valence-corrected chi connectivity index (χ4v) is 7.38. The fraction of sp³-hybridized carbons (Fsp3) is 0.268. The summed E-state index contributed by atoms with van der Waals surface area (Å²) >= 11 is 0. The molecule has 1 saturated heterocycles. The van der Waals surface area contributed by atoms with E-state index in [0.717, 1.165) is 5.75 Å². The van der Waals surface area contributed by atoms with E-state index in [-0.39, 0.29) is 17.1 Å². The van der Waals surface area contributed by atoms with Crippen molar-refractivity contribution in [2.45, 2.75) is 63.1 Å². The van der Waals surface area contributed by atoms with Gasteiger partial charge in [0.2, 0.25) is 8.32 Å². The average Bonchev–Trinajstić information content (AvgIpc) is 3.77. The van der Waals surface area contributed by atoms with E-state index in [4.69, 9.17) is 9.16 Å². The van der Waals surface area contributed by atoms with Crippen LogP contribution in [0.3, 0.4) is 0 Å². The molecule has 5 aromatic carbocycles. The first-order chi connectivity index (χ1) is 21.7. The van der Waals surface area contributed by atoms with Gasteiger partial charge in [-0.3, -0.25) is 4.90 Å². The van der Waals surface area contributed by atoms with Crippen molar-refractivity contribution in [1.82, 2.24) is 4.90 Å². The van der Waals surface area contributed by atoms with Gasteiger partial charge < -0.3 is 9.16 Å². The Bertz CT molecular complexity index is 1570. The summed E-state index contributed by atoms with van der Waals surface area (Å²) in [6.45, 7) is 12.7. The van der Waals surface area contributed by atoms with Gasteiger partial charge in [-0.25, -0.2) is 0 Å². The molecule has 1 fully saturated rings. The lowest BCUT2D eigenvalue weighted by atomic mass is 9.76. The van der Waals surface area contributed by atoms with E-state index in [0.29, 0.717) is 13.2 Å². The molecule has 0 aliphatic carbocycles. The van der Waals surface area contributed by atoms with Gasteiger partial charge in [-0.15, -0.1) is 0 Å². The largest absolute Gasteiger partial charge is 0.543 e. The predicted molar refractivity (Wildman–Crippen MR) is 188 cm³/mol. The lowest BCUT2D eigenvalue weighted by molar-refractivity contribution is 0.107. The van der Waals surface area contributed by atoms with E-state index in [1.807, 2.05) is 0 Å². The van der Waals surface area contributed by atoms with Crippen LogP contribution in [0, 0.1) is 0 Å². The Balaban J connectivity index is 1.47. The van der Waals surface area contributed by atoms with E-state index in [9.17, 15) is 0 Å². The molecule has 1 aliphatic heterocycles. The highest BCUT2D eigenvalue weighted by atomic mass is 28.4. The number of benzene rings is 5. The SMILES string of the molecule is CC(C)(C)[Si](C)(C)Oc1cccc([C@@H]2[C@H](COCc3ccccc3)N2C(c2ccccc2)(c2ccccc2)c2ccccc2)c1. The normalized spacial score (nSPS) is 18.4. The molecule has 0 N–H and O–H groups in total. The Labute approximate surface area is 270 Å². The van der Waals surface area contributed by atoms with Gasteiger partial charge in [0.15, 0.2) is 0 Å². The Kier molecular flexibility index (Phi) is 8.83. The summed E-state index contributed by atoms with van der Waals surface area (Å²) in [5.41, 5.74) is 5.65. The topological polar surface area (TPSA) is 21.5 Å². The average molecular weight is 612 g/mol. The number of hydrogen-bond donors (Lipinski definition) is 0. The van der Waals surface area contributed by atoms with Gasteiger partial charge >= 0.3 is 0 Å². The number of hydrogen-bond acceptors (Lipinski definition) is 3. The lowest BCUT2D eigenvalue weighted by Gasteiger charge is -2.39. The molecule has 230 valence electrons. The second kappa shape index (κ2) is 12.8. The molecular formula is C41H45NO2Si. The second-order valence-corrected chi connectivity index (χ2v) is 18.4. The van der Waals surface area contributed by atoms with Crippen LogP contribution in [0.4, 0.5) is 0 Å². The number of nitrogens with zero attached hydrogens (tertiary/aromatic N) is 1. The summed E-state index contributed by atoms with van der Waals surface area (Å²) in [7, 11) is -2.01. The minimum Gasteiger partial charge on any atom is -0.543 e. The number of ether oxygens (including phenoxy) is 1. The molecule has 1 heterocycles. The monoisotopic (exact) mass is 611 g/mol. The van der Waals surface area contributed by atoms with Crippen LogP contribution >= 0.6 is 0 Å². The van der Waals surface area contributed by atoms with Gasteiger partial charge in [-0.2, -0.15) is 0 Å². The van der Waals surface area contributed by atoms with E-state index in [2.05, 4.69) is 184 Å². The highest BCUT2D eigenvalue weighted by Gasteiger charge is 2.61. The molecule has 0 amide bonds. The molecule has 0 saturated carbocycles. The Morgan fingerprint density at radius 1 is 0.622 bits per heavy atom. The first-order valence-electron chi connectivity index (χ1n) is 16.1. The molecule has 45 heavy (non-hydrogen) atoms. The first-order valence-corrected chi connectivity index (χ1v) is 19.0. The molecule has 3 nitrogen and oxygen atoms in total. The molecule has 5 aromatic rings. The summed E-state index contributed by atoms with van der Waals surface area (Å²) in [6.07, 6.45) is 0. The molecule has 1 aliphatic rings. The van der Waals surface area contributed by atoms with E-state index < -0.39 is 13.9 Å². The first kappa shape index (κ1) is 31.0. The minimum atomic E-state index is -2.01. The third kappa shape index (κ3) is 6.28. The number of rotatable bonds is 11. The minimum absolute atomic E-state index is 0.117. The molecule has 4 heteroatoms. The van der Waals surface area contributed by atoms with Crippen molar-refractivity contribution in [2.75, 3.05) is 6.61 Å². The van der Waals surface area contributed by atoms with Crippen molar-refractivity contribution in [3.8, 4) is 5.75 Å². The van der Waals surface area contributed by atoms with Crippen molar-refractivity contribution in [3.05, 3.63) is 173 Å². The zero-order valence-corrected chi connectivity index (χ0v) is 28.2. The standard InChI is InChI=1S/C41H45NO2Si/c1-40(2,3)45(4,5)44-37-28-18-21-33(29-37)39-38(31-43-30-32-19-10-6-11-20-32)42(39)41(34-22-12-7-13-23-34,35-24-14-8-15-25-35)36-26-16-9-17-27-36/h6-29,38-39H,30-31H2,1-5H3/t38-,39+,42?/m0/s1. The zero-order valence-electron chi connectivity index (χ0n) is 27.2. The van der Waals surface area contributed by atoms with E-state index in [1.54, 1.807) is 0 Å². The Morgan fingerprint density at radius 3 is 1.60 bits per heavy atom. The van der Waals surface area contributed by atoms with E-state index in [1.165, 1.54) is 27.8 Å². The summed E-state index contributed by atoms with van der Waals surface area (Å²) in [5, 5.41) is 0.117. The van der Waals surface area contributed by atoms with Gasteiger partial charge in [0.25, 0.3) is 0 Å². The molecule has 0 spiro atoms.